The van der Waals surface area contributed by atoms with Crippen molar-refractivity contribution in [3.63, 3.8) is 0 Å². The molecule has 2 saturated heterocycles. The van der Waals surface area contributed by atoms with Gasteiger partial charge in [0.2, 0.25) is 0 Å². The zero-order valence-corrected chi connectivity index (χ0v) is 14.6. The lowest BCUT2D eigenvalue weighted by molar-refractivity contribution is 0.0500. The standard InChI is InChI=1S/C16H32N2O2S/c1-12-9-18(10-14-5-4-8-20-14)7-6-15(12)17-13(2)16(11-19)21-3/h12-17,19H,4-11H2,1-3H3. The Morgan fingerprint density at radius 1 is 1.43 bits per heavy atom. The zero-order chi connectivity index (χ0) is 15.2. The summed E-state index contributed by atoms with van der Waals surface area (Å²) in [5, 5.41) is 13.4. The third-order valence-electron chi connectivity index (χ3n) is 4.99. The second-order valence-corrected chi connectivity index (χ2v) is 7.76. The fraction of sp³-hybridized carbons (Fsp3) is 1.00. The molecule has 4 nitrogen and oxygen atoms in total. The molecule has 5 atom stereocenters. The first-order valence-electron chi connectivity index (χ1n) is 8.37. The van der Waals surface area contributed by atoms with Crippen LogP contribution in [0.2, 0.25) is 0 Å². The number of nitrogens with zero attached hydrogens (tertiary/aromatic N) is 1. The predicted octanol–water partition coefficient (Wildman–Crippen LogP) is 1.58. The van der Waals surface area contributed by atoms with Crippen molar-refractivity contribution in [1.29, 1.82) is 0 Å². The number of ether oxygens (including phenoxy) is 1. The summed E-state index contributed by atoms with van der Waals surface area (Å²) in [5.41, 5.74) is 0. The third kappa shape index (κ3) is 5.10. The van der Waals surface area contributed by atoms with E-state index >= 15 is 0 Å². The molecular formula is C16H32N2O2S. The van der Waals surface area contributed by atoms with Crippen LogP contribution in [0, 0.1) is 5.92 Å². The van der Waals surface area contributed by atoms with Gasteiger partial charge in [0.15, 0.2) is 0 Å². The average Bonchev–Trinajstić information content (AvgIpc) is 2.96. The molecule has 2 fully saturated rings. The van der Waals surface area contributed by atoms with Crippen molar-refractivity contribution >= 4 is 11.8 Å². The first-order chi connectivity index (χ1) is 10.1. The van der Waals surface area contributed by atoms with Crippen LogP contribution in [0.4, 0.5) is 0 Å². The van der Waals surface area contributed by atoms with E-state index in [9.17, 15) is 5.11 Å². The van der Waals surface area contributed by atoms with Gasteiger partial charge in [-0.15, -0.1) is 0 Å². The lowest BCUT2D eigenvalue weighted by Gasteiger charge is -2.40. The molecule has 0 saturated carbocycles. The van der Waals surface area contributed by atoms with E-state index in [-0.39, 0.29) is 6.61 Å². The molecule has 2 heterocycles. The number of aliphatic hydroxyl groups is 1. The molecule has 5 heteroatoms. The van der Waals surface area contributed by atoms with Gasteiger partial charge in [0.25, 0.3) is 0 Å². The van der Waals surface area contributed by atoms with Crippen molar-refractivity contribution in [2.45, 2.75) is 56.5 Å². The van der Waals surface area contributed by atoms with E-state index < -0.39 is 0 Å². The Kier molecular flexibility index (Phi) is 7.29. The number of nitrogens with one attached hydrogen (secondary N) is 1. The van der Waals surface area contributed by atoms with Gasteiger partial charge in [-0.2, -0.15) is 11.8 Å². The van der Waals surface area contributed by atoms with Crippen molar-refractivity contribution in [1.82, 2.24) is 10.2 Å². The lowest BCUT2D eigenvalue weighted by atomic mass is 9.92. The summed E-state index contributed by atoms with van der Waals surface area (Å²) < 4.78 is 5.76. The minimum absolute atomic E-state index is 0.252. The van der Waals surface area contributed by atoms with Gasteiger partial charge in [0, 0.05) is 37.0 Å². The van der Waals surface area contributed by atoms with Crippen LogP contribution in [0.1, 0.15) is 33.1 Å². The van der Waals surface area contributed by atoms with E-state index in [2.05, 4.69) is 30.3 Å². The Bertz CT molecular complexity index is 296. The largest absolute Gasteiger partial charge is 0.395 e. The summed E-state index contributed by atoms with van der Waals surface area (Å²) >= 11 is 1.75. The molecule has 2 N–H and O–H groups in total. The fourth-order valence-corrected chi connectivity index (χ4v) is 4.24. The van der Waals surface area contributed by atoms with Crippen molar-refractivity contribution in [3.05, 3.63) is 0 Å². The highest BCUT2D eigenvalue weighted by molar-refractivity contribution is 7.99. The first kappa shape index (κ1) is 17.5. The van der Waals surface area contributed by atoms with Crippen LogP contribution in [0.3, 0.4) is 0 Å². The first-order valence-corrected chi connectivity index (χ1v) is 9.66. The maximum Gasteiger partial charge on any atom is 0.0702 e. The topological polar surface area (TPSA) is 44.7 Å². The third-order valence-corrected chi connectivity index (χ3v) is 6.16. The minimum Gasteiger partial charge on any atom is -0.395 e. The van der Waals surface area contributed by atoms with Gasteiger partial charge in [-0.3, -0.25) is 0 Å². The van der Waals surface area contributed by atoms with Crippen molar-refractivity contribution in [3.8, 4) is 0 Å². The van der Waals surface area contributed by atoms with Gasteiger partial charge in [-0.25, -0.2) is 0 Å². The molecule has 0 radical (unpaired) electrons. The van der Waals surface area contributed by atoms with Crippen LogP contribution in [-0.4, -0.2) is 72.5 Å². The fourth-order valence-electron chi connectivity index (χ4n) is 3.60. The molecule has 5 unspecified atom stereocenters. The lowest BCUT2D eigenvalue weighted by Crippen LogP contribution is -2.53. The van der Waals surface area contributed by atoms with E-state index in [1.165, 1.54) is 19.3 Å². The number of piperidine rings is 1. The predicted molar refractivity (Wildman–Crippen MR) is 90.0 cm³/mol. The highest BCUT2D eigenvalue weighted by atomic mass is 32.2. The Morgan fingerprint density at radius 2 is 2.24 bits per heavy atom. The number of hydrogen-bond donors (Lipinski definition) is 2. The number of aliphatic hydroxyl groups excluding tert-OH is 1. The van der Waals surface area contributed by atoms with E-state index in [1.807, 2.05) is 0 Å². The Morgan fingerprint density at radius 3 is 2.81 bits per heavy atom. The van der Waals surface area contributed by atoms with Crippen LogP contribution in [0.25, 0.3) is 0 Å². The Labute approximate surface area is 134 Å². The van der Waals surface area contributed by atoms with E-state index in [4.69, 9.17) is 4.74 Å². The van der Waals surface area contributed by atoms with Crippen molar-refractivity contribution in [2.24, 2.45) is 5.92 Å². The molecule has 2 aliphatic heterocycles. The van der Waals surface area contributed by atoms with Crippen LogP contribution in [0.5, 0.6) is 0 Å². The molecule has 21 heavy (non-hydrogen) atoms. The molecule has 0 aromatic carbocycles. The van der Waals surface area contributed by atoms with Gasteiger partial charge in [0.1, 0.15) is 0 Å². The number of hydrogen-bond acceptors (Lipinski definition) is 5. The van der Waals surface area contributed by atoms with Gasteiger partial charge in [-0.05, 0) is 44.9 Å². The van der Waals surface area contributed by atoms with Crippen molar-refractivity contribution < 1.29 is 9.84 Å². The van der Waals surface area contributed by atoms with Gasteiger partial charge >= 0.3 is 0 Å². The van der Waals surface area contributed by atoms with Crippen LogP contribution in [-0.2, 0) is 4.74 Å². The van der Waals surface area contributed by atoms with Crippen LogP contribution in [0.15, 0.2) is 0 Å². The van der Waals surface area contributed by atoms with E-state index in [0.29, 0.717) is 29.4 Å². The zero-order valence-electron chi connectivity index (χ0n) is 13.8. The number of thioether (sulfide) groups is 1. The SMILES string of the molecule is CSC(CO)C(C)NC1CCN(CC2CCCO2)CC1C. The maximum absolute atomic E-state index is 9.41. The average molecular weight is 317 g/mol. The maximum atomic E-state index is 9.41. The molecule has 0 amide bonds. The summed E-state index contributed by atoms with van der Waals surface area (Å²) in [6, 6.07) is 0.934. The molecule has 2 rings (SSSR count). The molecule has 0 aliphatic carbocycles. The number of rotatable bonds is 7. The van der Waals surface area contributed by atoms with Crippen LogP contribution < -0.4 is 5.32 Å². The van der Waals surface area contributed by atoms with Gasteiger partial charge < -0.3 is 20.1 Å². The summed E-state index contributed by atoms with van der Waals surface area (Å²) in [4.78, 5) is 2.57. The van der Waals surface area contributed by atoms with Gasteiger partial charge in [-0.1, -0.05) is 6.92 Å². The second kappa shape index (κ2) is 8.73. The Hall–Kier alpha value is 0.190. The molecule has 0 aromatic heterocycles. The second-order valence-electron chi connectivity index (χ2n) is 6.68. The van der Waals surface area contributed by atoms with Crippen LogP contribution >= 0.6 is 11.8 Å². The highest BCUT2D eigenvalue weighted by Gasteiger charge is 2.30. The quantitative estimate of drug-likeness (QED) is 0.747. The molecule has 0 spiro atoms. The summed E-state index contributed by atoms with van der Waals surface area (Å²) in [6.07, 6.45) is 6.20. The summed E-state index contributed by atoms with van der Waals surface area (Å²) in [7, 11) is 0. The minimum atomic E-state index is 0.252. The van der Waals surface area contributed by atoms with E-state index in [0.717, 1.165) is 26.2 Å². The normalized spacial score (nSPS) is 34.0. The Balaban J connectivity index is 1.75. The molecule has 0 bridgehead atoms. The van der Waals surface area contributed by atoms with Crippen molar-refractivity contribution in [2.75, 3.05) is 39.1 Å². The monoisotopic (exact) mass is 316 g/mol. The molecular weight excluding hydrogens is 284 g/mol. The molecule has 0 aromatic rings. The van der Waals surface area contributed by atoms with E-state index in [1.54, 1.807) is 11.8 Å². The molecule has 124 valence electrons. The molecule has 2 aliphatic rings. The highest BCUT2D eigenvalue weighted by Crippen LogP contribution is 2.22. The number of likely N-dealkylation sites (tertiary alicyclic amines) is 1. The summed E-state index contributed by atoms with van der Waals surface area (Å²) in [5.74, 6) is 0.656. The summed E-state index contributed by atoms with van der Waals surface area (Å²) in [6.45, 7) is 9.18. The smallest absolute Gasteiger partial charge is 0.0702 e. The van der Waals surface area contributed by atoms with Gasteiger partial charge in [0.05, 0.1) is 12.7 Å².